The summed E-state index contributed by atoms with van der Waals surface area (Å²) in [6.45, 7) is 0. The van der Waals surface area contributed by atoms with E-state index in [0.717, 1.165) is 0 Å². The first-order valence-electron chi connectivity index (χ1n) is 4.65. The zero-order valence-corrected chi connectivity index (χ0v) is 8.90. The molecule has 6 heteroatoms. The Balaban J connectivity index is 2.63. The Bertz CT molecular complexity index is 601. The van der Waals surface area contributed by atoms with Crippen molar-refractivity contribution >= 4 is 5.88 Å². The van der Waals surface area contributed by atoms with E-state index in [2.05, 4.69) is 9.68 Å². The molecular weight excluding hydrogens is 225 g/mol. The first-order valence-corrected chi connectivity index (χ1v) is 4.65. The zero-order valence-electron chi connectivity index (χ0n) is 8.90. The molecule has 1 aromatic carbocycles. The van der Waals surface area contributed by atoms with Crippen LogP contribution in [0.5, 0.6) is 5.75 Å². The van der Waals surface area contributed by atoms with Crippen LogP contribution >= 0.6 is 0 Å². The smallest absolute Gasteiger partial charge is 0.229 e. The minimum atomic E-state index is -0.637. The number of hydrogen-bond donors (Lipinski definition) is 1. The summed E-state index contributed by atoms with van der Waals surface area (Å²) in [7, 11) is 1.30. The van der Waals surface area contributed by atoms with Crippen LogP contribution in [0.25, 0.3) is 11.1 Å². The van der Waals surface area contributed by atoms with Gasteiger partial charge in [0.05, 0.1) is 24.4 Å². The number of hydrogen-bond acceptors (Lipinski definition) is 5. The van der Waals surface area contributed by atoms with Crippen LogP contribution in [-0.2, 0) is 0 Å². The summed E-state index contributed by atoms with van der Waals surface area (Å²) in [5.41, 5.74) is 6.45. The standard InChI is InChI=1S/C11H8FN3O2/c1-16-10-7(4-13)2-6(3-9(10)12)8-5-15-17-11(8)14/h2-3,5H,14H2,1H3. The molecule has 2 N–H and O–H groups in total. The summed E-state index contributed by atoms with van der Waals surface area (Å²) < 4.78 is 23.1. The maximum atomic E-state index is 13.7. The van der Waals surface area contributed by atoms with Crippen molar-refractivity contribution in [3.63, 3.8) is 0 Å². The highest BCUT2D eigenvalue weighted by Gasteiger charge is 2.15. The summed E-state index contributed by atoms with van der Waals surface area (Å²) >= 11 is 0. The first-order chi connectivity index (χ1) is 8.17. The van der Waals surface area contributed by atoms with Crippen LogP contribution in [0, 0.1) is 17.1 Å². The monoisotopic (exact) mass is 233 g/mol. The first kappa shape index (κ1) is 11.0. The van der Waals surface area contributed by atoms with E-state index in [0.29, 0.717) is 11.1 Å². The lowest BCUT2D eigenvalue weighted by atomic mass is 10.0. The van der Waals surface area contributed by atoms with Crippen LogP contribution in [0.4, 0.5) is 10.3 Å². The molecule has 5 nitrogen and oxygen atoms in total. The molecule has 0 aliphatic carbocycles. The Morgan fingerprint density at radius 3 is 2.82 bits per heavy atom. The van der Waals surface area contributed by atoms with E-state index in [9.17, 15) is 4.39 Å². The minimum absolute atomic E-state index is 0.0680. The predicted molar refractivity (Wildman–Crippen MR) is 57.6 cm³/mol. The second-order valence-electron chi connectivity index (χ2n) is 3.25. The van der Waals surface area contributed by atoms with Crippen LogP contribution in [-0.4, -0.2) is 12.3 Å². The largest absolute Gasteiger partial charge is 0.492 e. The van der Waals surface area contributed by atoms with Gasteiger partial charge in [0.15, 0.2) is 11.6 Å². The highest BCUT2D eigenvalue weighted by atomic mass is 19.1. The molecular formula is C11H8FN3O2. The molecule has 0 atom stereocenters. The van der Waals surface area contributed by atoms with Crippen molar-refractivity contribution in [1.29, 1.82) is 5.26 Å². The fraction of sp³-hybridized carbons (Fsp3) is 0.0909. The zero-order chi connectivity index (χ0) is 12.4. The van der Waals surface area contributed by atoms with Crippen LogP contribution in [0.3, 0.4) is 0 Å². The SMILES string of the molecule is COc1c(F)cc(-c2cnoc2N)cc1C#N. The van der Waals surface area contributed by atoms with Gasteiger partial charge in [0, 0.05) is 0 Å². The second-order valence-corrected chi connectivity index (χ2v) is 3.25. The van der Waals surface area contributed by atoms with E-state index in [1.165, 1.54) is 25.4 Å². The van der Waals surface area contributed by atoms with Crippen LogP contribution < -0.4 is 10.5 Å². The molecule has 0 radical (unpaired) electrons. The number of rotatable bonds is 2. The molecule has 2 rings (SSSR count). The van der Waals surface area contributed by atoms with E-state index in [-0.39, 0.29) is 17.2 Å². The average molecular weight is 233 g/mol. The normalized spacial score (nSPS) is 9.94. The van der Waals surface area contributed by atoms with Gasteiger partial charge in [-0.1, -0.05) is 5.16 Å². The van der Waals surface area contributed by atoms with Gasteiger partial charge < -0.3 is 15.0 Å². The van der Waals surface area contributed by atoms with Gasteiger partial charge in [0.2, 0.25) is 5.88 Å². The molecule has 86 valence electrons. The second kappa shape index (κ2) is 4.14. The predicted octanol–water partition coefficient (Wildman–Crippen LogP) is 1.94. The fourth-order valence-electron chi connectivity index (χ4n) is 1.50. The minimum Gasteiger partial charge on any atom is -0.492 e. The molecule has 0 fully saturated rings. The van der Waals surface area contributed by atoms with Gasteiger partial charge in [0.25, 0.3) is 0 Å². The van der Waals surface area contributed by atoms with Crippen molar-refractivity contribution in [3.8, 4) is 22.9 Å². The number of methoxy groups -OCH3 is 1. The Morgan fingerprint density at radius 1 is 1.53 bits per heavy atom. The summed E-state index contributed by atoms with van der Waals surface area (Å²) in [6.07, 6.45) is 1.36. The highest BCUT2D eigenvalue weighted by molar-refractivity contribution is 5.74. The van der Waals surface area contributed by atoms with Gasteiger partial charge in [0.1, 0.15) is 6.07 Å². The summed E-state index contributed by atoms with van der Waals surface area (Å²) in [5.74, 6) is -0.660. The summed E-state index contributed by atoms with van der Waals surface area (Å²) in [5, 5.41) is 12.4. The Kier molecular flexibility index (Phi) is 2.66. The topological polar surface area (TPSA) is 85.1 Å². The number of benzene rings is 1. The number of nitrogens with zero attached hydrogens (tertiary/aromatic N) is 2. The molecule has 0 spiro atoms. The molecule has 1 aromatic heterocycles. The van der Waals surface area contributed by atoms with Gasteiger partial charge in [-0.2, -0.15) is 5.26 Å². The summed E-state index contributed by atoms with van der Waals surface area (Å²) in [4.78, 5) is 0. The number of nitrogen functional groups attached to an aromatic ring is 1. The van der Waals surface area contributed by atoms with Crippen LogP contribution in [0.2, 0.25) is 0 Å². The van der Waals surface area contributed by atoms with E-state index in [1.807, 2.05) is 6.07 Å². The van der Waals surface area contributed by atoms with Gasteiger partial charge in [-0.3, -0.25) is 0 Å². The maximum Gasteiger partial charge on any atom is 0.229 e. The molecule has 0 aliphatic heterocycles. The van der Waals surface area contributed by atoms with Gasteiger partial charge in [-0.15, -0.1) is 0 Å². The van der Waals surface area contributed by atoms with Crippen molar-refractivity contribution in [2.45, 2.75) is 0 Å². The lowest BCUT2D eigenvalue weighted by Gasteiger charge is -2.06. The number of nitrogens with two attached hydrogens (primary N) is 1. The third-order valence-corrected chi connectivity index (χ3v) is 2.28. The molecule has 0 saturated carbocycles. The molecule has 2 aromatic rings. The van der Waals surface area contributed by atoms with Crippen molar-refractivity contribution in [2.75, 3.05) is 12.8 Å². The van der Waals surface area contributed by atoms with E-state index in [4.69, 9.17) is 15.7 Å². The number of ether oxygens (including phenoxy) is 1. The van der Waals surface area contributed by atoms with E-state index in [1.54, 1.807) is 0 Å². The van der Waals surface area contributed by atoms with Gasteiger partial charge >= 0.3 is 0 Å². The van der Waals surface area contributed by atoms with Gasteiger partial charge in [-0.05, 0) is 17.7 Å². The molecule has 0 amide bonds. The molecule has 17 heavy (non-hydrogen) atoms. The molecule has 1 heterocycles. The highest BCUT2D eigenvalue weighted by Crippen LogP contribution is 2.31. The van der Waals surface area contributed by atoms with E-state index < -0.39 is 5.82 Å². The summed E-state index contributed by atoms with van der Waals surface area (Å²) in [6, 6.07) is 4.53. The van der Waals surface area contributed by atoms with Crippen molar-refractivity contribution in [2.24, 2.45) is 0 Å². The molecule has 0 saturated heterocycles. The Labute approximate surface area is 96.2 Å². The fourth-order valence-corrected chi connectivity index (χ4v) is 1.50. The number of anilines is 1. The van der Waals surface area contributed by atoms with Crippen LogP contribution in [0.1, 0.15) is 5.56 Å². The van der Waals surface area contributed by atoms with Gasteiger partial charge in [-0.25, -0.2) is 4.39 Å². The Morgan fingerprint density at radius 2 is 2.29 bits per heavy atom. The molecule has 0 unspecified atom stereocenters. The molecule has 0 aliphatic rings. The number of halogens is 1. The average Bonchev–Trinajstić information content (AvgIpc) is 2.74. The Hall–Kier alpha value is -2.55. The van der Waals surface area contributed by atoms with Crippen molar-refractivity contribution < 1.29 is 13.7 Å². The number of aromatic nitrogens is 1. The van der Waals surface area contributed by atoms with Crippen molar-refractivity contribution in [1.82, 2.24) is 5.16 Å². The lowest BCUT2D eigenvalue weighted by molar-refractivity contribution is 0.385. The quantitative estimate of drug-likeness (QED) is 0.856. The number of nitriles is 1. The van der Waals surface area contributed by atoms with E-state index >= 15 is 0 Å². The third kappa shape index (κ3) is 1.78. The lowest BCUT2D eigenvalue weighted by Crippen LogP contribution is -1.94. The van der Waals surface area contributed by atoms with Crippen LogP contribution in [0.15, 0.2) is 22.9 Å². The maximum absolute atomic E-state index is 13.7. The molecule has 0 bridgehead atoms. The third-order valence-electron chi connectivity index (χ3n) is 2.28. The van der Waals surface area contributed by atoms with Crippen molar-refractivity contribution in [3.05, 3.63) is 29.7 Å².